The lowest BCUT2D eigenvalue weighted by Gasteiger charge is -2.25. The third-order valence-electron chi connectivity index (χ3n) is 2.11. The molecule has 0 aliphatic rings. The molecule has 114 valence electrons. The van der Waals surface area contributed by atoms with E-state index in [4.69, 9.17) is 9.47 Å². The molecule has 0 saturated carbocycles. The summed E-state index contributed by atoms with van der Waals surface area (Å²) < 4.78 is 34.8. The topological polar surface area (TPSA) is 115 Å². The Kier molecular flexibility index (Phi) is 5.06. The minimum absolute atomic E-state index is 0.105. The van der Waals surface area contributed by atoms with Crippen LogP contribution in [0.2, 0.25) is 0 Å². The second-order valence-corrected chi connectivity index (χ2v) is 6.49. The van der Waals surface area contributed by atoms with Crippen molar-refractivity contribution in [1.29, 1.82) is 0 Å². The number of nitrogens with zero attached hydrogens (tertiary/aromatic N) is 3. The molecule has 0 saturated heterocycles. The van der Waals surface area contributed by atoms with Gasteiger partial charge in [0.15, 0.2) is 0 Å². The summed E-state index contributed by atoms with van der Waals surface area (Å²) in [6, 6.07) is 0.210. The van der Waals surface area contributed by atoms with E-state index in [1.807, 2.05) is 0 Å². The van der Waals surface area contributed by atoms with Gasteiger partial charge in [0, 0.05) is 12.1 Å². The largest absolute Gasteiger partial charge is 0.467 e. The van der Waals surface area contributed by atoms with Gasteiger partial charge in [-0.15, -0.1) is 4.98 Å². The quantitative estimate of drug-likeness (QED) is 0.701. The number of anilines is 1. The first-order valence-electron chi connectivity index (χ1n) is 5.72. The van der Waals surface area contributed by atoms with E-state index in [0.717, 1.165) is 6.26 Å². The highest BCUT2D eigenvalue weighted by molar-refractivity contribution is 7.88. The molecule has 1 aromatic rings. The van der Waals surface area contributed by atoms with Gasteiger partial charge >= 0.3 is 12.0 Å². The second-order valence-electron chi connectivity index (χ2n) is 4.74. The number of nitrogens with one attached hydrogen (secondary N) is 2. The van der Waals surface area contributed by atoms with Crippen LogP contribution in [0.25, 0.3) is 0 Å². The highest BCUT2D eigenvalue weighted by atomic mass is 32.2. The summed E-state index contributed by atoms with van der Waals surface area (Å²) in [6.07, 6.45) is 1.10. The summed E-state index contributed by atoms with van der Waals surface area (Å²) in [5.74, 6) is 0.233. The van der Waals surface area contributed by atoms with Crippen LogP contribution in [0, 0.1) is 0 Å². The van der Waals surface area contributed by atoms with Crippen molar-refractivity contribution in [2.24, 2.45) is 0 Å². The average molecular weight is 305 g/mol. The van der Waals surface area contributed by atoms with Crippen molar-refractivity contribution >= 4 is 16.0 Å². The average Bonchev–Trinajstić information content (AvgIpc) is 2.33. The van der Waals surface area contributed by atoms with Gasteiger partial charge in [0.05, 0.1) is 20.5 Å². The number of aromatic nitrogens is 3. The molecular formula is C10H19N5O4S. The van der Waals surface area contributed by atoms with Crippen LogP contribution >= 0.6 is 0 Å². The first kappa shape index (κ1) is 16.4. The summed E-state index contributed by atoms with van der Waals surface area (Å²) in [4.78, 5) is 11.8. The Labute approximate surface area is 118 Å². The van der Waals surface area contributed by atoms with Crippen molar-refractivity contribution in [2.45, 2.75) is 19.4 Å². The SMILES string of the molecule is COc1nc(NCC(C)(C)NS(C)(=O)=O)nc(OC)n1. The van der Waals surface area contributed by atoms with Crippen LogP contribution in [0.5, 0.6) is 12.0 Å². The van der Waals surface area contributed by atoms with Crippen molar-refractivity contribution in [2.75, 3.05) is 32.3 Å². The van der Waals surface area contributed by atoms with Crippen molar-refractivity contribution in [3.8, 4) is 12.0 Å². The van der Waals surface area contributed by atoms with E-state index in [0.29, 0.717) is 0 Å². The third-order valence-corrected chi connectivity index (χ3v) is 3.03. The van der Waals surface area contributed by atoms with Gasteiger partial charge in [-0.3, -0.25) is 0 Å². The van der Waals surface area contributed by atoms with Crippen LogP contribution < -0.4 is 19.5 Å². The predicted molar refractivity (Wildman–Crippen MR) is 73.5 cm³/mol. The van der Waals surface area contributed by atoms with E-state index < -0.39 is 15.6 Å². The fourth-order valence-electron chi connectivity index (χ4n) is 1.44. The summed E-state index contributed by atoms with van der Waals surface area (Å²) in [7, 11) is -0.456. The zero-order valence-electron chi connectivity index (χ0n) is 12.1. The van der Waals surface area contributed by atoms with Gasteiger partial charge in [0.25, 0.3) is 0 Å². The van der Waals surface area contributed by atoms with Crippen LogP contribution in [0.4, 0.5) is 5.95 Å². The number of ether oxygens (including phenoxy) is 2. The van der Waals surface area contributed by atoms with Crippen LogP contribution in [-0.2, 0) is 10.0 Å². The smallest absolute Gasteiger partial charge is 0.324 e. The highest BCUT2D eigenvalue weighted by Gasteiger charge is 2.22. The van der Waals surface area contributed by atoms with E-state index in [-0.39, 0.29) is 24.5 Å². The number of rotatable bonds is 7. The fourth-order valence-corrected chi connectivity index (χ4v) is 2.51. The molecule has 0 spiro atoms. The Morgan fingerprint density at radius 2 is 1.60 bits per heavy atom. The molecule has 0 fully saturated rings. The monoisotopic (exact) mass is 305 g/mol. The van der Waals surface area contributed by atoms with E-state index in [2.05, 4.69) is 25.0 Å². The molecule has 0 aromatic carbocycles. The lowest BCUT2D eigenvalue weighted by atomic mass is 10.1. The predicted octanol–water partition coefficient (Wildman–Crippen LogP) is -0.371. The standard InChI is InChI=1S/C10H19N5O4S/c1-10(2,15-20(5,16)17)6-11-7-12-8(18-3)14-9(13-7)19-4/h15H,6H2,1-5H3,(H,11,12,13,14). The van der Waals surface area contributed by atoms with Gasteiger partial charge in [0.2, 0.25) is 16.0 Å². The molecule has 2 N–H and O–H groups in total. The lowest BCUT2D eigenvalue weighted by Crippen LogP contribution is -2.47. The Morgan fingerprint density at radius 1 is 1.10 bits per heavy atom. The van der Waals surface area contributed by atoms with Crippen molar-refractivity contribution < 1.29 is 17.9 Å². The molecule has 0 amide bonds. The van der Waals surface area contributed by atoms with Gasteiger partial charge in [-0.05, 0) is 13.8 Å². The minimum atomic E-state index is -3.30. The summed E-state index contributed by atoms with van der Waals surface area (Å²) in [6.45, 7) is 3.74. The van der Waals surface area contributed by atoms with E-state index in [9.17, 15) is 8.42 Å². The molecule has 1 heterocycles. The summed E-state index contributed by atoms with van der Waals surface area (Å²) in [5.41, 5.74) is -0.708. The Bertz CT molecular complexity index is 539. The van der Waals surface area contributed by atoms with Gasteiger partial charge in [0.1, 0.15) is 0 Å². The maximum atomic E-state index is 11.2. The summed E-state index contributed by atoms with van der Waals surface area (Å²) >= 11 is 0. The maximum Gasteiger partial charge on any atom is 0.324 e. The van der Waals surface area contributed by atoms with E-state index in [1.54, 1.807) is 13.8 Å². The molecular weight excluding hydrogens is 286 g/mol. The molecule has 1 aromatic heterocycles. The molecule has 0 unspecified atom stereocenters. The number of sulfonamides is 1. The Hall–Kier alpha value is -1.68. The number of methoxy groups -OCH3 is 2. The molecule has 0 atom stereocenters. The number of hydrogen-bond acceptors (Lipinski definition) is 8. The first-order chi connectivity index (χ1) is 9.15. The van der Waals surface area contributed by atoms with Gasteiger partial charge in [-0.2, -0.15) is 9.97 Å². The zero-order valence-corrected chi connectivity index (χ0v) is 12.9. The molecule has 10 heteroatoms. The lowest BCUT2D eigenvalue weighted by molar-refractivity contribution is 0.340. The third kappa shape index (κ3) is 5.53. The van der Waals surface area contributed by atoms with Gasteiger partial charge in [-0.25, -0.2) is 13.1 Å². The van der Waals surface area contributed by atoms with Crippen LogP contribution in [0.15, 0.2) is 0 Å². The van der Waals surface area contributed by atoms with Crippen molar-refractivity contribution in [1.82, 2.24) is 19.7 Å². The molecule has 0 aliphatic heterocycles. The van der Waals surface area contributed by atoms with Crippen LogP contribution in [-0.4, -0.2) is 55.9 Å². The van der Waals surface area contributed by atoms with Crippen LogP contribution in [0.3, 0.4) is 0 Å². The van der Waals surface area contributed by atoms with Gasteiger partial charge < -0.3 is 14.8 Å². The second kappa shape index (κ2) is 6.18. The highest BCUT2D eigenvalue weighted by Crippen LogP contribution is 2.13. The Balaban J connectivity index is 2.78. The normalized spacial score (nSPS) is 12.1. The number of hydrogen-bond donors (Lipinski definition) is 2. The van der Waals surface area contributed by atoms with E-state index in [1.165, 1.54) is 14.2 Å². The molecule has 1 rings (SSSR count). The molecule has 0 aliphatic carbocycles. The van der Waals surface area contributed by atoms with Crippen LogP contribution in [0.1, 0.15) is 13.8 Å². The maximum absolute atomic E-state index is 11.2. The Morgan fingerprint density at radius 3 is 2.00 bits per heavy atom. The fraction of sp³-hybridized carbons (Fsp3) is 0.700. The molecule has 0 bridgehead atoms. The molecule has 0 radical (unpaired) electrons. The minimum Gasteiger partial charge on any atom is -0.467 e. The zero-order chi connectivity index (χ0) is 15.4. The van der Waals surface area contributed by atoms with Crippen molar-refractivity contribution in [3.05, 3.63) is 0 Å². The molecule has 20 heavy (non-hydrogen) atoms. The molecule has 9 nitrogen and oxygen atoms in total. The van der Waals surface area contributed by atoms with Gasteiger partial charge in [-0.1, -0.05) is 0 Å². The first-order valence-corrected chi connectivity index (χ1v) is 7.61. The summed E-state index contributed by atoms with van der Waals surface area (Å²) in [5, 5.41) is 2.91. The van der Waals surface area contributed by atoms with E-state index >= 15 is 0 Å². The van der Waals surface area contributed by atoms with Crippen molar-refractivity contribution in [3.63, 3.8) is 0 Å².